The van der Waals surface area contributed by atoms with Crippen molar-refractivity contribution in [3.8, 4) is 0 Å². The molecule has 0 unspecified atom stereocenters. The normalized spacial score (nSPS) is 11.8. The molecule has 0 fully saturated rings. The third kappa shape index (κ3) is 5.57. The predicted molar refractivity (Wildman–Crippen MR) is 114 cm³/mol. The van der Waals surface area contributed by atoms with E-state index in [1.54, 1.807) is 24.4 Å². The summed E-state index contributed by atoms with van der Waals surface area (Å²) >= 11 is 6.12. The van der Waals surface area contributed by atoms with E-state index in [-0.39, 0.29) is 27.7 Å². The zero-order valence-corrected chi connectivity index (χ0v) is 18.2. The summed E-state index contributed by atoms with van der Waals surface area (Å²) in [6.45, 7) is 0.162. The van der Waals surface area contributed by atoms with E-state index in [1.807, 2.05) is 0 Å². The average molecular weight is 484 g/mol. The summed E-state index contributed by atoms with van der Waals surface area (Å²) in [5, 5.41) is 0.0286. The highest BCUT2D eigenvalue weighted by Crippen LogP contribution is 2.31. The van der Waals surface area contributed by atoms with Crippen molar-refractivity contribution in [3.05, 3.63) is 88.7 Å². The Morgan fingerprint density at radius 1 is 1.09 bits per heavy atom. The Balaban J connectivity index is 1.86. The molecule has 1 N–H and O–H groups in total. The number of hydrogen-bond donors (Lipinski definition) is 1. The van der Waals surface area contributed by atoms with Crippen molar-refractivity contribution in [1.29, 1.82) is 0 Å². The van der Waals surface area contributed by atoms with Crippen LogP contribution in [0.3, 0.4) is 0 Å². The minimum atomic E-state index is -4.63. The standard InChI is InChI=1S/C21H17ClF3N3O3S/c1-28(13-16-6-2-3-10-26-16)20(29)18-12-17(8-9-19(18)22)32(30,31)27-15-7-4-5-14(11-15)21(23,24)25/h2-12,27H,13H2,1H3. The maximum atomic E-state index is 12.9. The lowest BCUT2D eigenvalue weighted by molar-refractivity contribution is -0.137. The molecule has 0 aliphatic rings. The Morgan fingerprint density at radius 3 is 2.50 bits per heavy atom. The number of benzene rings is 2. The number of hydrogen-bond acceptors (Lipinski definition) is 4. The molecule has 168 valence electrons. The van der Waals surface area contributed by atoms with Crippen LogP contribution >= 0.6 is 11.6 Å². The second kappa shape index (κ2) is 9.17. The molecular weight excluding hydrogens is 467 g/mol. The number of amides is 1. The molecule has 0 radical (unpaired) electrons. The molecular formula is C21H17ClF3N3O3S. The topological polar surface area (TPSA) is 79.4 Å². The molecule has 1 aromatic heterocycles. The molecule has 0 atom stereocenters. The molecule has 0 saturated carbocycles. The molecule has 3 aromatic rings. The first-order valence-electron chi connectivity index (χ1n) is 9.12. The first kappa shape index (κ1) is 23.6. The first-order valence-corrected chi connectivity index (χ1v) is 11.0. The molecule has 0 saturated heterocycles. The van der Waals surface area contributed by atoms with E-state index in [1.165, 1.54) is 24.1 Å². The van der Waals surface area contributed by atoms with Gasteiger partial charge in [-0.1, -0.05) is 23.7 Å². The maximum Gasteiger partial charge on any atom is 0.416 e. The van der Waals surface area contributed by atoms with Crippen LogP contribution in [-0.2, 0) is 22.7 Å². The predicted octanol–water partition coefficient (Wildman–Crippen LogP) is 4.83. The van der Waals surface area contributed by atoms with Gasteiger partial charge in [0, 0.05) is 18.9 Å². The highest BCUT2D eigenvalue weighted by Gasteiger charge is 2.31. The summed E-state index contributed by atoms with van der Waals surface area (Å²) in [5.74, 6) is -0.545. The molecule has 1 heterocycles. The lowest BCUT2D eigenvalue weighted by atomic mass is 10.2. The van der Waals surface area contributed by atoms with E-state index in [9.17, 15) is 26.4 Å². The van der Waals surface area contributed by atoms with Crippen LogP contribution in [0.1, 0.15) is 21.6 Å². The van der Waals surface area contributed by atoms with Gasteiger partial charge in [-0.15, -0.1) is 0 Å². The van der Waals surface area contributed by atoms with Crippen LogP contribution in [0.2, 0.25) is 5.02 Å². The number of sulfonamides is 1. The van der Waals surface area contributed by atoms with Gasteiger partial charge in [0.15, 0.2) is 0 Å². The molecule has 11 heteroatoms. The van der Waals surface area contributed by atoms with Gasteiger partial charge >= 0.3 is 6.18 Å². The fourth-order valence-electron chi connectivity index (χ4n) is 2.82. The average Bonchev–Trinajstić information content (AvgIpc) is 2.73. The van der Waals surface area contributed by atoms with Gasteiger partial charge in [-0.2, -0.15) is 13.2 Å². The van der Waals surface area contributed by atoms with Crippen molar-refractivity contribution in [2.24, 2.45) is 0 Å². The number of aromatic nitrogens is 1. The Hall–Kier alpha value is -3.11. The molecule has 0 spiro atoms. The van der Waals surface area contributed by atoms with E-state index in [0.29, 0.717) is 11.8 Å². The number of nitrogens with one attached hydrogen (secondary N) is 1. The molecule has 32 heavy (non-hydrogen) atoms. The summed E-state index contributed by atoms with van der Waals surface area (Å²) < 4.78 is 66.3. The number of carbonyl (C=O) groups excluding carboxylic acids is 1. The Kier molecular flexibility index (Phi) is 6.75. The molecule has 3 rings (SSSR count). The van der Waals surface area contributed by atoms with Gasteiger partial charge in [0.25, 0.3) is 15.9 Å². The smallest absolute Gasteiger partial charge is 0.336 e. The third-order valence-corrected chi connectivity index (χ3v) is 6.10. The minimum Gasteiger partial charge on any atom is -0.336 e. The summed E-state index contributed by atoms with van der Waals surface area (Å²) in [6, 6.07) is 12.5. The highest BCUT2D eigenvalue weighted by atomic mass is 35.5. The zero-order valence-electron chi connectivity index (χ0n) is 16.6. The van der Waals surface area contributed by atoms with Gasteiger partial charge < -0.3 is 4.90 Å². The fourth-order valence-corrected chi connectivity index (χ4v) is 4.09. The lowest BCUT2D eigenvalue weighted by Crippen LogP contribution is -2.27. The van der Waals surface area contributed by atoms with Crippen molar-refractivity contribution < 1.29 is 26.4 Å². The first-order chi connectivity index (χ1) is 15.0. The molecule has 0 aliphatic heterocycles. The SMILES string of the molecule is CN(Cc1ccccn1)C(=O)c1cc(S(=O)(=O)Nc2cccc(C(F)(F)F)c2)ccc1Cl. The van der Waals surface area contributed by atoms with Crippen molar-refractivity contribution in [2.45, 2.75) is 17.6 Å². The molecule has 0 aliphatic carbocycles. The number of pyridine rings is 1. The fraction of sp³-hybridized carbons (Fsp3) is 0.143. The monoisotopic (exact) mass is 483 g/mol. The summed E-state index contributed by atoms with van der Waals surface area (Å²) in [7, 11) is -2.78. The van der Waals surface area contributed by atoms with Gasteiger partial charge in [0.05, 0.1) is 33.3 Å². The van der Waals surface area contributed by atoms with Crippen LogP contribution in [0.4, 0.5) is 18.9 Å². The van der Waals surface area contributed by atoms with Gasteiger partial charge in [0.1, 0.15) is 0 Å². The van der Waals surface area contributed by atoms with E-state index in [4.69, 9.17) is 11.6 Å². The zero-order chi connectivity index (χ0) is 23.5. The van der Waals surface area contributed by atoms with Crippen molar-refractivity contribution in [2.75, 3.05) is 11.8 Å². The van der Waals surface area contributed by atoms with Gasteiger partial charge in [-0.05, 0) is 48.5 Å². The van der Waals surface area contributed by atoms with Crippen LogP contribution in [-0.4, -0.2) is 31.3 Å². The lowest BCUT2D eigenvalue weighted by Gasteiger charge is -2.18. The number of rotatable bonds is 6. The summed E-state index contributed by atoms with van der Waals surface area (Å²) in [5.41, 5.74) is -0.720. The number of anilines is 1. The number of alkyl halides is 3. The van der Waals surface area contributed by atoms with Gasteiger partial charge in [-0.25, -0.2) is 8.42 Å². The van der Waals surface area contributed by atoms with Gasteiger partial charge in [0.2, 0.25) is 0 Å². The van der Waals surface area contributed by atoms with Gasteiger partial charge in [-0.3, -0.25) is 14.5 Å². The van der Waals surface area contributed by atoms with E-state index in [0.717, 1.165) is 24.3 Å². The highest BCUT2D eigenvalue weighted by molar-refractivity contribution is 7.92. The minimum absolute atomic E-state index is 0.0286. The molecule has 0 bridgehead atoms. The van der Waals surface area contributed by atoms with Crippen LogP contribution in [0.5, 0.6) is 0 Å². The van der Waals surface area contributed by atoms with Crippen LogP contribution in [0, 0.1) is 0 Å². The Bertz CT molecular complexity index is 1240. The van der Waals surface area contributed by atoms with Crippen LogP contribution < -0.4 is 4.72 Å². The second-order valence-electron chi connectivity index (χ2n) is 6.81. The van der Waals surface area contributed by atoms with Crippen LogP contribution in [0.25, 0.3) is 0 Å². The Labute approximate surface area is 187 Å². The molecule has 6 nitrogen and oxygen atoms in total. The molecule has 1 amide bonds. The number of halogens is 4. The largest absolute Gasteiger partial charge is 0.416 e. The van der Waals surface area contributed by atoms with Crippen molar-refractivity contribution in [1.82, 2.24) is 9.88 Å². The summed E-state index contributed by atoms with van der Waals surface area (Å²) in [4.78, 5) is 18.0. The Morgan fingerprint density at radius 2 is 1.84 bits per heavy atom. The van der Waals surface area contributed by atoms with Crippen molar-refractivity contribution in [3.63, 3.8) is 0 Å². The summed E-state index contributed by atoms with van der Waals surface area (Å²) in [6.07, 6.45) is -3.05. The quantitative estimate of drug-likeness (QED) is 0.545. The maximum absolute atomic E-state index is 12.9. The van der Waals surface area contributed by atoms with Crippen LogP contribution in [0.15, 0.2) is 71.8 Å². The van der Waals surface area contributed by atoms with Crippen molar-refractivity contribution >= 4 is 33.2 Å². The van der Waals surface area contributed by atoms with E-state index in [2.05, 4.69) is 9.71 Å². The third-order valence-electron chi connectivity index (χ3n) is 4.39. The van der Waals surface area contributed by atoms with E-state index < -0.39 is 27.7 Å². The second-order valence-corrected chi connectivity index (χ2v) is 8.90. The van der Waals surface area contributed by atoms with E-state index >= 15 is 0 Å². The number of nitrogens with zero attached hydrogens (tertiary/aromatic N) is 2. The molecule has 2 aromatic carbocycles. The number of carbonyl (C=O) groups is 1.